The van der Waals surface area contributed by atoms with Crippen molar-refractivity contribution in [3.05, 3.63) is 23.8 Å². The average molecular weight is 407 g/mol. The Balaban J connectivity index is 0.00000400. The number of halogens is 1. The highest BCUT2D eigenvalue weighted by Crippen LogP contribution is 2.23. The standard InChI is InChI=1S/C15H25N3O2.HI/c1-5-11(2)18-15(16-3)17-9-8-12-6-7-13(20-4)10-14(12)19;/h6-7,10-11,19H,5,8-9H2,1-4H3,(H2,16,17,18);1H. The number of nitrogens with zero attached hydrogens (tertiary/aromatic N) is 1. The predicted octanol–water partition coefficient (Wildman–Crippen LogP) is 2.52. The van der Waals surface area contributed by atoms with Gasteiger partial charge in [0.05, 0.1) is 7.11 Å². The van der Waals surface area contributed by atoms with Crippen molar-refractivity contribution in [3.63, 3.8) is 0 Å². The van der Waals surface area contributed by atoms with Crippen LogP contribution in [0.5, 0.6) is 11.5 Å². The number of phenolic OH excluding ortho intramolecular Hbond substituents is 1. The molecule has 0 fully saturated rings. The molecule has 1 aromatic carbocycles. The molecule has 0 saturated carbocycles. The van der Waals surface area contributed by atoms with E-state index in [1.54, 1.807) is 20.2 Å². The molecule has 1 unspecified atom stereocenters. The van der Waals surface area contributed by atoms with Gasteiger partial charge < -0.3 is 20.5 Å². The summed E-state index contributed by atoms with van der Waals surface area (Å²) in [4.78, 5) is 4.17. The van der Waals surface area contributed by atoms with Crippen LogP contribution < -0.4 is 15.4 Å². The summed E-state index contributed by atoms with van der Waals surface area (Å²) >= 11 is 0. The predicted molar refractivity (Wildman–Crippen MR) is 98.0 cm³/mol. The highest BCUT2D eigenvalue weighted by atomic mass is 127. The zero-order valence-electron chi connectivity index (χ0n) is 13.1. The molecular weight excluding hydrogens is 381 g/mol. The van der Waals surface area contributed by atoms with Crippen LogP contribution in [-0.2, 0) is 6.42 Å². The van der Waals surface area contributed by atoms with Crippen LogP contribution in [0.4, 0.5) is 0 Å². The largest absolute Gasteiger partial charge is 0.508 e. The lowest BCUT2D eigenvalue weighted by molar-refractivity contribution is 0.406. The number of phenols is 1. The third kappa shape index (κ3) is 6.88. The summed E-state index contributed by atoms with van der Waals surface area (Å²) in [6, 6.07) is 5.74. The molecule has 0 aliphatic carbocycles. The van der Waals surface area contributed by atoms with Gasteiger partial charge in [-0.05, 0) is 31.4 Å². The van der Waals surface area contributed by atoms with E-state index in [0.29, 0.717) is 18.3 Å². The number of methoxy groups -OCH3 is 1. The summed E-state index contributed by atoms with van der Waals surface area (Å²) in [6.07, 6.45) is 1.76. The molecule has 0 amide bonds. The molecule has 6 heteroatoms. The zero-order chi connectivity index (χ0) is 15.0. The van der Waals surface area contributed by atoms with Gasteiger partial charge in [-0.15, -0.1) is 24.0 Å². The van der Waals surface area contributed by atoms with Crippen molar-refractivity contribution >= 4 is 29.9 Å². The number of nitrogens with one attached hydrogen (secondary N) is 2. The first-order chi connectivity index (χ1) is 9.60. The zero-order valence-corrected chi connectivity index (χ0v) is 15.5. The minimum absolute atomic E-state index is 0. The van der Waals surface area contributed by atoms with Crippen molar-refractivity contribution in [1.29, 1.82) is 0 Å². The fraction of sp³-hybridized carbons (Fsp3) is 0.533. The lowest BCUT2D eigenvalue weighted by atomic mass is 10.1. The Morgan fingerprint density at radius 3 is 2.67 bits per heavy atom. The molecule has 0 aliphatic heterocycles. The molecule has 0 spiro atoms. The second-order valence-corrected chi connectivity index (χ2v) is 4.70. The van der Waals surface area contributed by atoms with E-state index in [1.807, 2.05) is 12.1 Å². The van der Waals surface area contributed by atoms with Gasteiger partial charge in [0.15, 0.2) is 5.96 Å². The van der Waals surface area contributed by atoms with Gasteiger partial charge in [-0.2, -0.15) is 0 Å². The maximum Gasteiger partial charge on any atom is 0.191 e. The molecule has 3 N–H and O–H groups in total. The fourth-order valence-electron chi connectivity index (χ4n) is 1.73. The molecule has 21 heavy (non-hydrogen) atoms. The van der Waals surface area contributed by atoms with Gasteiger partial charge in [0.25, 0.3) is 0 Å². The first kappa shape index (κ1) is 19.8. The monoisotopic (exact) mass is 407 g/mol. The molecule has 1 rings (SSSR count). The smallest absolute Gasteiger partial charge is 0.191 e. The topological polar surface area (TPSA) is 65.9 Å². The highest BCUT2D eigenvalue weighted by Gasteiger charge is 2.05. The number of ether oxygens (including phenoxy) is 1. The number of guanidine groups is 1. The molecule has 0 aliphatic rings. The number of rotatable bonds is 6. The lowest BCUT2D eigenvalue weighted by Crippen LogP contribution is -2.42. The average Bonchev–Trinajstić information content (AvgIpc) is 2.47. The van der Waals surface area contributed by atoms with Gasteiger partial charge in [0.2, 0.25) is 0 Å². The molecule has 1 atom stereocenters. The Morgan fingerprint density at radius 2 is 2.14 bits per heavy atom. The van der Waals surface area contributed by atoms with Crippen molar-refractivity contribution in [2.45, 2.75) is 32.7 Å². The second kappa shape index (κ2) is 10.5. The number of aliphatic imine (C=N–C) groups is 1. The summed E-state index contributed by atoms with van der Waals surface area (Å²) in [5, 5.41) is 16.4. The van der Waals surface area contributed by atoms with E-state index in [9.17, 15) is 5.11 Å². The highest BCUT2D eigenvalue weighted by molar-refractivity contribution is 14.0. The third-order valence-corrected chi connectivity index (χ3v) is 3.20. The SMILES string of the molecule is CCC(C)NC(=NC)NCCc1ccc(OC)cc1O.I. The van der Waals surface area contributed by atoms with Gasteiger partial charge >= 0.3 is 0 Å². The van der Waals surface area contributed by atoms with Crippen molar-refractivity contribution in [3.8, 4) is 11.5 Å². The van der Waals surface area contributed by atoms with Gasteiger partial charge in [0, 0.05) is 25.7 Å². The van der Waals surface area contributed by atoms with Crippen molar-refractivity contribution in [1.82, 2.24) is 10.6 Å². The van der Waals surface area contributed by atoms with E-state index in [0.717, 1.165) is 24.4 Å². The quantitative estimate of drug-likeness (QED) is 0.385. The fourth-order valence-corrected chi connectivity index (χ4v) is 1.73. The van der Waals surface area contributed by atoms with Gasteiger partial charge in [-0.3, -0.25) is 4.99 Å². The van der Waals surface area contributed by atoms with E-state index < -0.39 is 0 Å². The van der Waals surface area contributed by atoms with Crippen LogP contribution in [0.2, 0.25) is 0 Å². The molecule has 120 valence electrons. The molecule has 5 nitrogen and oxygen atoms in total. The lowest BCUT2D eigenvalue weighted by Gasteiger charge is -2.16. The molecule has 0 bridgehead atoms. The van der Waals surface area contributed by atoms with E-state index in [4.69, 9.17) is 4.74 Å². The summed E-state index contributed by atoms with van der Waals surface area (Å²) in [6.45, 7) is 4.94. The summed E-state index contributed by atoms with van der Waals surface area (Å²) < 4.78 is 5.06. The maximum atomic E-state index is 9.87. The minimum Gasteiger partial charge on any atom is -0.508 e. The Kier molecular flexibility index (Phi) is 9.94. The first-order valence-corrected chi connectivity index (χ1v) is 6.93. The first-order valence-electron chi connectivity index (χ1n) is 6.93. The third-order valence-electron chi connectivity index (χ3n) is 3.20. The van der Waals surface area contributed by atoms with Crippen LogP contribution in [0, 0.1) is 0 Å². The van der Waals surface area contributed by atoms with Crippen molar-refractivity contribution < 1.29 is 9.84 Å². The van der Waals surface area contributed by atoms with E-state index in [2.05, 4.69) is 29.5 Å². The Labute approximate surface area is 144 Å². The summed E-state index contributed by atoms with van der Waals surface area (Å²) in [5.74, 6) is 1.71. The number of aromatic hydroxyl groups is 1. The Morgan fingerprint density at radius 1 is 1.43 bits per heavy atom. The summed E-state index contributed by atoms with van der Waals surface area (Å²) in [5.41, 5.74) is 0.886. The van der Waals surface area contributed by atoms with E-state index in [1.165, 1.54) is 0 Å². The van der Waals surface area contributed by atoms with E-state index >= 15 is 0 Å². The normalized spacial score (nSPS) is 12.3. The maximum absolute atomic E-state index is 9.87. The molecular formula is C15H26IN3O2. The number of hydrogen-bond acceptors (Lipinski definition) is 3. The van der Waals surface area contributed by atoms with Gasteiger partial charge in [-0.25, -0.2) is 0 Å². The Bertz CT molecular complexity index is 453. The molecule has 0 aromatic heterocycles. The molecule has 1 aromatic rings. The van der Waals surface area contributed by atoms with Crippen LogP contribution >= 0.6 is 24.0 Å². The number of hydrogen-bond donors (Lipinski definition) is 3. The number of benzene rings is 1. The summed E-state index contributed by atoms with van der Waals surface area (Å²) in [7, 11) is 3.34. The molecule has 0 saturated heterocycles. The minimum atomic E-state index is 0. The second-order valence-electron chi connectivity index (χ2n) is 4.70. The molecule has 0 heterocycles. The van der Waals surface area contributed by atoms with Crippen LogP contribution in [0.25, 0.3) is 0 Å². The van der Waals surface area contributed by atoms with Crippen LogP contribution in [0.15, 0.2) is 23.2 Å². The van der Waals surface area contributed by atoms with Crippen LogP contribution in [0.1, 0.15) is 25.8 Å². The Hall–Kier alpha value is -1.18. The van der Waals surface area contributed by atoms with Gasteiger partial charge in [0.1, 0.15) is 11.5 Å². The van der Waals surface area contributed by atoms with Crippen molar-refractivity contribution in [2.75, 3.05) is 20.7 Å². The van der Waals surface area contributed by atoms with Crippen LogP contribution in [0.3, 0.4) is 0 Å². The van der Waals surface area contributed by atoms with Crippen LogP contribution in [-0.4, -0.2) is 37.8 Å². The molecule has 0 radical (unpaired) electrons. The van der Waals surface area contributed by atoms with Gasteiger partial charge in [-0.1, -0.05) is 13.0 Å². The van der Waals surface area contributed by atoms with Crippen molar-refractivity contribution in [2.24, 2.45) is 4.99 Å². The van der Waals surface area contributed by atoms with E-state index in [-0.39, 0.29) is 29.7 Å².